The number of nitriles is 1. The van der Waals surface area contributed by atoms with Gasteiger partial charge in [0.25, 0.3) is 0 Å². The molecule has 2 unspecified atom stereocenters. The first-order valence-corrected chi connectivity index (χ1v) is 11.8. The minimum atomic E-state index is -3.45. The lowest BCUT2D eigenvalue weighted by Gasteiger charge is -2.23. The third-order valence-corrected chi connectivity index (χ3v) is 8.03. The summed E-state index contributed by atoms with van der Waals surface area (Å²) in [6, 6.07) is 17.3. The van der Waals surface area contributed by atoms with Gasteiger partial charge in [0.15, 0.2) is 9.84 Å². The zero-order chi connectivity index (χ0) is 22.6. The molecule has 2 N–H and O–H groups in total. The monoisotopic (exact) mass is 459 g/mol. The summed E-state index contributed by atoms with van der Waals surface area (Å²) in [6.07, 6.45) is 0. The molecule has 2 aromatic carbocycles. The number of nitrogens with zero attached hydrogens (tertiary/aromatic N) is 2. The zero-order valence-corrected chi connectivity index (χ0v) is 18.1. The molecule has 1 aromatic heterocycles. The molecule has 0 fully saturated rings. The molecule has 0 spiro atoms. The van der Waals surface area contributed by atoms with Gasteiger partial charge < -0.3 is 5.73 Å². The Kier molecular flexibility index (Phi) is 6.83. The van der Waals surface area contributed by atoms with Crippen molar-refractivity contribution >= 4 is 27.0 Å². The van der Waals surface area contributed by atoms with Gasteiger partial charge in [0.05, 0.1) is 22.3 Å². The lowest BCUT2D eigenvalue weighted by atomic mass is 10.1. The Morgan fingerprint density at radius 2 is 1.84 bits per heavy atom. The number of hydrogen-bond acceptors (Lipinski definition) is 6. The van der Waals surface area contributed by atoms with Crippen LogP contribution in [0.2, 0.25) is 0 Å². The van der Waals surface area contributed by atoms with E-state index < -0.39 is 26.9 Å². The van der Waals surface area contributed by atoms with E-state index in [1.54, 1.807) is 42.5 Å². The second-order valence-corrected chi connectivity index (χ2v) is 10.3. The summed E-state index contributed by atoms with van der Waals surface area (Å²) >= 11 is 1.13. The van der Waals surface area contributed by atoms with Crippen molar-refractivity contribution in [1.29, 1.82) is 5.26 Å². The summed E-state index contributed by atoms with van der Waals surface area (Å²) in [7, 11) is -3.45. The van der Waals surface area contributed by atoms with Crippen LogP contribution >= 0.6 is 11.3 Å². The normalized spacial score (nSPS) is 19.5. The topological polar surface area (TPSA) is 96.3 Å². The quantitative estimate of drug-likeness (QED) is 0.612. The first-order chi connectivity index (χ1) is 14.7. The predicted octanol–water partition coefficient (Wildman–Crippen LogP) is 4.47. The Bertz CT molecular complexity index is 1250. The van der Waals surface area contributed by atoms with Gasteiger partial charge >= 0.3 is 0 Å². The molecule has 2 heterocycles. The number of benzene rings is 2. The average molecular weight is 460 g/mol. The van der Waals surface area contributed by atoms with E-state index in [-0.39, 0.29) is 22.3 Å². The van der Waals surface area contributed by atoms with Gasteiger partial charge in [-0.1, -0.05) is 30.3 Å². The van der Waals surface area contributed by atoms with Gasteiger partial charge in [0, 0.05) is 4.88 Å². The van der Waals surface area contributed by atoms with Crippen molar-refractivity contribution in [2.24, 2.45) is 10.7 Å². The molecule has 2 atom stereocenters. The largest absolute Gasteiger partial charge is 0.386 e. The molecule has 0 amide bonds. The van der Waals surface area contributed by atoms with Gasteiger partial charge in [-0.25, -0.2) is 17.2 Å². The van der Waals surface area contributed by atoms with Crippen molar-refractivity contribution in [3.8, 4) is 16.5 Å². The van der Waals surface area contributed by atoms with Gasteiger partial charge in [-0.15, -0.1) is 11.3 Å². The molecule has 3 aromatic rings. The summed E-state index contributed by atoms with van der Waals surface area (Å²) < 4.78 is 50.6. The van der Waals surface area contributed by atoms with E-state index >= 15 is 0 Å². The van der Waals surface area contributed by atoms with Crippen LogP contribution in [0.25, 0.3) is 10.4 Å². The fourth-order valence-electron chi connectivity index (χ4n) is 2.91. The Morgan fingerprint density at radius 1 is 1.13 bits per heavy atom. The standard InChI is InChI=1S/C16H14FN3O2S2.C6H5F/c1-9-16(19)20-13(8-24(9,21)22)15-12(17)6-14(23-15)11-4-2-3-10(5-11)7-18;7-6-4-2-1-3-5-6/h2-6,9,13H,8H2,1H3,(H2,19,20);1-5H. The minimum absolute atomic E-state index is 0.00655. The SMILES string of the molecule is CC1C(N)=NC(c2sc(-c3cccc(C#N)c3)cc2F)CS1(=O)=O.Fc1ccccc1. The molecule has 4 rings (SSSR count). The van der Waals surface area contributed by atoms with E-state index in [0.717, 1.165) is 11.3 Å². The van der Waals surface area contributed by atoms with Crippen LogP contribution in [0.4, 0.5) is 8.78 Å². The smallest absolute Gasteiger partial charge is 0.162 e. The summed E-state index contributed by atoms with van der Waals surface area (Å²) in [6.45, 7) is 1.48. The molecule has 31 heavy (non-hydrogen) atoms. The maximum atomic E-state index is 14.4. The highest BCUT2D eigenvalue weighted by molar-refractivity contribution is 7.92. The van der Waals surface area contributed by atoms with Crippen LogP contribution < -0.4 is 5.73 Å². The Labute approximate surface area is 183 Å². The zero-order valence-electron chi connectivity index (χ0n) is 16.5. The fourth-order valence-corrected chi connectivity index (χ4v) is 5.49. The molecule has 0 saturated carbocycles. The van der Waals surface area contributed by atoms with Crippen molar-refractivity contribution < 1.29 is 17.2 Å². The lowest BCUT2D eigenvalue weighted by Crippen LogP contribution is -2.40. The maximum absolute atomic E-state index is 14.4. The molecule has 0 saturated heterocycles. The average Bonchev–Trinajstić information content (AvgIpc) is 3.14. The first kappa shape index (κ1) is 22.6. The van der Waals surface area contributed by atoms with Crippen LogP contribution in [0.3, 0.4) is 0 Å². The van der Waals surface area contributed by atoms with Gasteiger partial charge in [-0.05, 0) is 42.8 Å². The summed E-state index contributed by atoms with van der Waals surface area (Å²) in [5.41, 5.74) is 6.88. The van der Waals surface area contributed by atoms with E-state index in [1.807, 2.05) is 6.07 Å². The van der Waals surface area contributed by atoms with Gasteiger partial charge in [0.1, 0.15) is 28.8 Å². The molecule has 160 valence electrons. The summed E-state index contributed by atoms with van der Waals surface area (Å²) in [4.78, 5) is 5.02. The third-order valence-electron chi connectivity index (χ3n) is 4.68. The van der Waals surface area contributed by atoms with E-state index in [0.29, 0.717) is 16.0 Å². The number of nitrogens with two attached hydrogens (primary N) is 1. The molecule has 9 heteroatoms. The van der Waals surface area contributed by atoms with E-state index in [4.69, 9.17) is 11.0 Å². The molecule has 0 radical (unpaired) electrons. The number of sulfone groups is 1. The molecular weight excluding hydrogens is 440 g/mol. The molecule has 0 aliphatic carbocycles. The number of hydrogen-bond donors (Lipinski definition) is 1. The van der Waals surface area contributed by atoms with E-state index in [9.17, 15) is 17.2 Å². The highest BCUT2D eigenvalue weighted by atomic mass is 32.2. The number of halogens is 2. The van der Waals surface area contributed by atoms with Crippen molar-refractivity contribution in [2.75, 3.05) is 5.75 Å². The Hall–Kier alpha value is -3.09. The van der Waals surface area contributed by atoms with Crippen molar-refractivity contribution in [3.05, 3.63) is 82.7 Å². The van der Waals surface area contributed by atoms with Crippen LogP contribution in [-0.4, -0.2) is 25.3 Å². The molecule has 5 nitrogen and oxygen atoms in total. The van der Waals surface area contributed by atoms with E-state index in [1.165, 1.54) is 25.1 Å². The predicted molar refractivity (Wildman–Crippen MR) is 118 cm³/mol. The molecule has 1 aliphatic rings. The van der Waals surface area contributed by atoms with Crippen molar-refractivity contribution in [3.63, 3.8) is 0 Å². The van der Waals surface area contributed by atoms with Crippen LogP contribution in [-0.2, 0) is 9.84 Å². The molecule has 0 bridgehead atoms. The maximum Gasteiger partial charge on any atom is 0.162 e. The van der Waals surface area contributed by atoms with Crippen LogP contribution in [0.15, 0.2) is 65.7 Å². The summed E-state index contributed by atoms with van der Waals surface area (Å²) in [5, 5.41) is 8.12. The van der Waals surface area contributed by atoms with Gasteiger partial charge in [0.2, 0.25) is 0 Å². The van der Waals surface area contributed by atoms with Crippen LogP contribution in [0.5, 0.6) is 0 Å². The Balaban J connectivity index is 0.000000330. The number of thiophene rings is 1. The van der Waals surface area contributed by atoms with Crippen LogP contribution in [0.1, 0.15) is 23.4 Å². The number of rotatable bonds is 2. The molecular formula is C22H19F2N3O2S2. The van der Waals surface area contributed by atoms with Crippen molar-refractivity contribution in [1.82, 2.24) is 0 Å². The van der Waals surface area contributed by atoms with E-state index in [2.05, 4.69) is 4.99 Å². The van der Waals surface area contributed by atoms with Gasteiger partial charge in [-0.2, -0.15) is 5.26 Å². The highest BCUT2D eigenvalue weighted by Gasteiger charge is 2.35. The lowest BCUT2D eigenvalue weighted by molar-refractivity contribution is 0.572. The number of aliphatic imine (C=N–C) groups is 1. The van der Waals surface area contributed by atoms with Crippen LogP contribution in [0, 0.1) is 23.0 Å². The second-order valence-electron chi connectivity index (χ2n) is 6.85. The number of amidine groups is 1. The minimum Gasteiger partial charge on any atom is -0.386 e. The Morgan fingerprint density at radius 3 is 2.42 bits per heavy atom. The van der Waals surface area contributed by atoms with Gasteiger partial charge in [-0.3, -0.25) is 4.99 Å². The second kappa shape index (κ2) is 9.37. The third kappa shape index (κ3) is 5.34. The highest BCUT2D eigenvalue weighted by Crippen LogP contribution is 2.38. The fraction of sp³-hybridized carbons (Fsp3) is 0.182. The first-order valence-electron chi connectivity index (χ1n) is 9.26. The summed E-state index contributed by atoms with van der Waals surface area (Å²) in [5.74, 6) is -0.942. The molecule has 1 aliphatic heterocycles. The van der Waals surface area contributed by atoms with Crippen molar-refractivity contribution in [2.45, 2.75) is 18.2 Å².